The summed E-state index contributed by atoms with van der Waals surface area (Å²) >= 11 is 0. The Hall–Kier alpha value is -2.60. The Morgan fingerprint density at radius 3 is 2.33 bits per heavy atom. The number of hydrogen-bond donors (Lipinski definition) is 3. The highest BCUT2D eigenvalue weighted by molar-refractivity contribution is 7.59. The van der Waals surface area contributed by atoms with Crippen LogP contribution in [-0.2, 0) is 34.9 Å². The highest BCUT2D eigenvalue weighted by atomic mass is 31.2. The average molecular weight is 528 g/mol. The van der Waals surface area contributed by atoms with Crippen LogP contribution < -0.4 is 15.9 Å². The number of aromatic nitrogens is 4. The number of esters is 2. The van der Waals surface area contributed by atoms with E-state index in [4.69, 9.17) is 19.9 Å². The van der Waals surface area contributed by atoms with Gasteiger partial charge in [-0.3, -0.25) is 14.2 Å². The summed E-state index contributed by atoms with van der Waals surface area (Å²) in [5.74, 6) is -0.696. The zero-order valence-electron chi connectivity index (χ0n) is 21.9. The van der Waals surface area contributed by atoms with E-state index in [-0.39, 0.29) is 30.8 Å². The van der Waals surface area contributed by atoms with Crippen LogP contribution >= 0.6 is 7.44 Å². The fourth-order valence-electron chi connectivity index (χ4n) is 3.37. The van der Waals surface area contributed by atoms with Crippen LogP contribution in [-0.4, -0.2) is 68.2 Å². The van der Waals surface area contributed by atoms with E-state index in [0.29, 0.717) is 17.7 Å². The Bertz CT molecular complexity index is 1080. The van der Waals surface area contributed by atoms with E-state index in [2.05, 4.69) is 25.1 Å². The number of nitrogen functional groups attached to an aromatic ring is 1. The standard InChI is InChI=1S/C22H38N7O6P/c1-13(2)34-18(30)8-15(5)27-36(32,28-17(7)22(31)35-14(3)4)12-33-16(6)9-29-11-26-19-20(23)24-10-25-21(19)29/h10-11,13-17H,8-9,12H2,1-7H3,(H2,23,24,25)(H2,27,28,32)/t15-,16-,17+,36?/m1/s1. The number of fused-ring (bicyclic) bond motifs is 1. The molecular weight excluding hydrogens is 489 g/mol. The lowest BCUT2D eigenvalue weighted by Crippen LogP contribution is -2.41. The van der Waals surface area contributed by atoms with Crippen molar-refractivity contribution >= 4 is 36.4 Å². The summed E-state index contributed by atoms with van der Waals surface area (Å²) in [5, 5.41) is 5.77. The first-order valence-corrected chi connectivity index (χ1v) is 13.8. The summed E-state index contributed by atoms with van der Waals surface area (Å²) in [7, 11) is -3.52. The van der Waals surface area contributed by atoms with Crippen molar-refractivity contribution in [3.8, 4) is 0 Å². The van der Waals surface area contributed by atoms with Crippen molar-refractivity contribution < 1.29 is 28.4 Å². The van der Waals surface area contributed by atoms with Crippen LogP contribution in [0.15, 0.2) is 12.7 Å². The van der Waals surface area contributed by atoms with Crippen molar-refractivity contribution in [2.75, 3.05) is 12.1 Å². The first-order chi connectivity index (χ1) is 16.8. The number of rotatable bonds is 14. The quantitative estimate of drug-likeness (QED) is 0.242. The van der Waals surface area contributed by atoms with Gasteiger partial charge >= 0.3 is 11.9 Å². The second kappa shape index (κ2) is 13.1. The van der Waals surface area contributed by atoms with E-state index >= 15 is 0 Å². The Morgan fingerprint density at radius 2 is 1.69 bits per heavy atom. The monoisotopic (exact) mass is 527 g/mol. The minimum atomic E-state index is -3.52. The molecule has 2 heterocycles. The van der Waals surface area contributed by atoms with Gasteiger partial charge in [-0.1, -0.05) is 0 Å². The number of anilines is 1. The topological polar surface area (TPSA) is 173 Å². The molecule has 0 aliphatic carbocycles. The van der Waals surface area contributed by atoms with Gasteiger partial charge in [-0.25, -0.2) is 25.1 Å². The van der Waals surface area contributed by atoms with E-state index in [0.717, 1.165) is 0 Å². The molecular formula is C22H38N7O6P. The SMILES string of the molecule is CC(C)OC(=O)C[C@@H](C)NP(=O)(CO[C@H](C)Cn1cnc2c(N)ncnc21)N[C@@H](C)C(=O)OC(C)C. The second-order valence-corrected chi connectivity index (χ2v) is 11.5. The molecule has 202 valence electrons. The largest absolute Gasteiger partial charge is 0.463 e. The Balaban J connectivity index is 2.09. The van der Waals surface area contributed by atoms with Crippen molar-refractivity contribution in [2.45, 2.75) is 91.8 Å². The Morgan fingerprint density at radius 1 is 1.03 bits per heavy atom. The Kier molecular flexibility index (Phi) is 10.8. The number of carbonyl (C=O) groups excluding carboxylic acids is 2. The number of nitrogens with two attached hydrogens (primary N) is 1. The molecule has 0 saturated heterocycles. The average Bonchev–Trinajstić information content (AvgIpc) is 3.15. The molecule has 1 unspecified atom stereocenters. The maximum Gasteiger partial charge on any atom is 0.323 e. The summed E-state index contributed by atoms with van der Waals surface area (Å²) < 4.78 is 31.9. The molecule has 4 N–H and O–H groups in total. The summed E-state index contributed by atoms with van der Waals surface area (Å²) in [6, 6.07) is -1.39. The predicted molar refractivity (Wildman–Crippen MR) is 135 cm³/mol. The number of imidazole rings is 1. The van der Waals surface area contributed by atoms with Crippen molar-refractivity contribution in [1.82, 2.24) is 29.7 Å². The molecule has 0 spiro atoms. The Labute approximate surface area is 211 Å². The number of nitrogens with one attached hydrogen (secondary N) is 2. The molecule has 0 radical (unpaired) electrons. The molecule has 2 aromatic heterocycles. The molecule has 0 aromatic carbocycles. The maximum absolute atomic E-state index is 13.8. The van der Waals surface area contributed by atoms with Crippen molar-refractivity contribution in [3.63, 3.8) is 0 Å². The lowest BCUT2D eigenvalue weighted by molar-refractivity contribution is -0.149. The first-order valence-electron chi connectivity index (χ1n) is 11.9. The molecule has 0 amide bonds. The van der Waals surface area contributed by atoms with Gasteiger partial charge in [-0.05, 0) is 48.5 Å². The molecule has 0 aliphatic heterocycles. The molecule has 0 aliphatic rings. The highest BCUT2D eigenvalue weighted by Gasteiger charge is 2.31. The highest BCUT2D eigenvalue weighted by Crippen LogP contribution is 2.38. The maximum atomic E-state index is 13.8. The van der Waals surface area contributed by atoms with Gasteiger partial charge in [0.05, 0.1) is 37.6 Å². The zero-order chi connectivity index (χ0) is 27.0. The van der Waals surface area contributed by atoms with Crippen LogP contribution in [0.2, 0.25) is 0 Å². The van der Waals surface area contributed by atoms with Crippen LogP contribution in [0.1, 0.15) is 54.9 Å². The molecule has 0 fully saturated rings. The van der Waals surface area contributed by atoms with Crippen LogP contribution in [0.5, 0.6) is 0 Å². The summed E-state index contributed by atoms with van der Waals surface area (Å²) in [4.78, 5) is 36.8. The van der Waals surface area contributed by atoms with Gasteiger partial charge in [0.2, 0.25) is 7.44 Å². The predicted octanol–water partition coefficient (Wildman–Crippen LogP) is 2.21. The third-order valence-electron chi connectivity index (χ3n) is 4.80. The minimum absolute atomic E-state index is 0.00756. The molecule has 0 saturated carbocycles. The molecule has 2 rings (SSSR count). The van der Waals surface area contributed by atoms with Crippen LogP contribution in [0.3, 0.4) is 0 Å². The number of hydrogen-bond acceptors (Lipinski definition) is 10. The van der Waals surface area contributed by atoms with Crippen molar-refractivity contribution in [3.05, 3.63) is 12.7 Å². The molecule has 13 nitrogen and oxygen atoms in total. The third-order valence-corrected chi connectivity index (χ3v) is 6.98. The summed E-state index contributed by atoms with van der Waals surface area (Å²) in [6.07, 6.45) is 1.69. The minimum Gasteiger partial charge on any atom is -0.463 e. The molecule has 36 heavy (non-hydrogen) atoms. The molecule has 0 bridgehead atoms. The van der Waals surface area contributed by atoms with Gasteiger partial charge < -0.3 is 24.5 Å². The van der Waals surface area contributed by atoms with E-state index in [1.54, 1.807) is 59.4 Å². The number of nitrogens with zero attached hydrogens (tertiary/aromatic N) is 4. The second-order valence-electron chi connectivity index (χ2n) is 9.28. The van der Waals surface area contributed by atoms with Gasteiger partial charge in [-0.2, -0.15) is 0 Å². The van der Waals surface area contributed by atoms with E-state index in [9.17, 15) is 14.2 Å². The smallest absolute Gasteiger partial charge is 0.323 e. The summed E-state index contributed by atoms with van der Waals surface area (Å²) in [6.45, 7) is 12.4. The van der Waals surface area contributed by atoms with Gasteiger partial charge in [0.25, 0.3) is 0 Å². The van der Waals surface area contributed by atoms with Gasteiger partial charge in [0, 0.05) is 6.04 Å². The fraction of sp³-hybridized carbons (Fsp3) is 0.682. The van der Waals surface area contributed by atoms with Crippen molar-refractivity contribution in [1.29, 1.82) is 0 Å². The lowest BCUT2D eigenvalue weighted by atomic mass is 10.2. The third kappa shape index (κ3) is 9.12. The fourth-order valence-corrected chi connectivity index (χ4v) is 5.59. The van der Waals surface area contributed by atoms with Crippen LogP contribution in [0.25, 0.3) is 11.2 Å². The number of ether oxygens (including phenoxy) is 3. The van der Waals surface area contributed by atoms with E-state index in [1.807, 2.05) is 0 Å². The van der Waals surface area contributed by atoms with Gasteiger partial charge in [0.15, 0.2) is 11.5 Å². The van der Waals surface area contributed by atoms with E-state index in [1.165, 1.54) is 6.33 Å². The van der Waals surface area contributed by atoms with Crippen LogP contribution in [0, 0.1) is 0 Å². The molecule has 2 aromatic rings. The van der Waals surface area contributed by atoms with Gasteiger partial charge in [-0.15, -0.1) is 0 Å². The normalized spacial score (nSPS) is 16.0. The van der Waals surface area contributed by atoms with Crippen molar-refractivity contribution in [2.24, 2.45) is 0 Å². The van der Waals surface area contributed by atoms with Crippen LogP contribution in [0.4, 0.5) is 5.82 Å². The zero-order valence-corrected chi connectivity index (χ0v) is 22.8. The summed E-state index contributed by atoms with van der Waals surface area (Å²) in [5.41, 5.74) is 6.88. The lowest BCUT2D eigenvalue weighted by Gasteiger charge is -2.28. The first kappa shape index (κ1) is 29.6. The van der Waals surface area contributed by atoms with Gasteiger partial charge in [0.1, 0.15) is 24.2 Å². The molecule has 4 atom stereocenters. The number of carbonyl (C=O) groups is 2. The molecule has 14 heteroatoms. The van der Waals surface area contributed by atoms with E-state index < -0.39 is 37.6 Å².